The van der Waals surface area contributed by atoms with Crippen molar-refractivity contribution in [1.82, 2.24) is 10.3 Å². The summed E-state index contributed by atoms with van der Waals surface area (Å²) in [6.07, 6.45) is 5.69. The highest BCUT2D eigenvalue weighted by atomic mass is 32.2. The summed E-state index contributed by atoms with van der Waals surface area (Å²) in [6.45, 7) is 1.08. The van der Waals surface area contributed by atoms with E-state index < -0.39 is 0 Å². The van der Waals surface area contributed by atoms with Crippen LogP contribution in [0, 0.1) is 0 Å². The number of hydrogen-bond acceptors (Lipinski definition) is 4. The molecule has 0 aromatic carbocycles. The van der Waals surface area contributed by atoms with Crippen LogP contribution in [0.1, 0.15) is 17.8 Å². The molecular weight excluding hydrogens is 212 g/mol. The quantitative estimate of drug-likeness (QED) is 0.855. The Morgan fingerprint density at radius 1 is 1.57 bits per heavy atom. The van der Waals surface area contributed by atoms with Crippen LogP contribution in [0.3, 0.4) is 0 Å². The minimum absolute atomic E-state index is 0.744. The van der Waals surface area contributed by atoms with Crippen molar-refractivity contribution in [3.05, 3.63) is 16.6 Å². The molecule has 1 atom stereocenters. The molecule has 0 spiro atoms. The molecule has 1 aromatic rings. The molecule has 1 N–H and O–H groups in total. The van der Waals surface area contributed by atoms with E-state index in [1.54, 1.807) is 11.3 Å². The third-order valence-electron chi connectivity index (χ3n) is 2.42. The molecule has 1 aliphatic rings. The number of aromatic nitrogens is 1. The van der Waals surface area contributed by atoms with Gasteiger partial charge in [-0.15, -0.1) is 11.3 Å². The Balaban J connectivity index is 1.62. The first-order chi connectivity index (χ1) is 6.95. The van der Waals surface area contributed by atoms with Crippen LogP contribution in [0.15, 0.2) is 11.6 Å². The Kier molecular flexibility index (Phi) is 4.28. The van der Waals surface area contributed by atoms with Crippen LogP contribution >= 0.6 is 23.1 Å². The summed E-state index contributed by atoms with van der Waals surface area (Å²) in [6, 6.07) is 0.744. The largest absolute Gasteiger partial charge is 0.313 e. The summed E-state index contributed by atoms with van der Waals surface area (Å²) in [5.74, 6) is 2.64. The van der Waals surface area contributed by atoms with Crippen molar-refractivity contribution in [2.45, 2.75) is 25.3 Å². The topological polar surface area (TPSA) is 24.9 Å². The number of rotatable bonds is 4. The van der Waals surface area contributed by atoms with E-state index in [9.17, 15) is 0 Å². The van der Waals surface area contributed by atoms with Crippen molar-refractivity contribution >= 4 is 23.1 Å². The molecule has 2 nitrogen and oxygen atoms in total. The van der Waals surface area contributed by atoms with Gasteiger partial charge in [-0.05, 0) is 18.6 Å². The van der Waals surface area contributed by atoms with Crippen molar-refractivity contribution in [3.8, 4) is 0 Å². The monoisotopic (exact) mass is 228 g/mol. The minimum Gasteiger partial charge on any atom is -0.313 e. The lowest BCUT2D eigenvalue weighted by Gasteiger charge is -2.22. The van der Waals surface area contributed by atoms with Gasteiger partial charge in [0.15, 0.2) is 0 Å². The molecule has 2 rings (SSSR count). The van der Waals surface area contributed by atoms with Crippen LogP contribution in [0.4, 0.5) is 0 Å². The van der Waals surface area contributed by atoms with Gasteiger partial charge in [0.1, 0.15) is 0 Å². The molecule has 0 radical (unpaired) electrons. The van der Waals surface area contributed by atoms with Gasteiger partial charge in [-0.25, -0.2) is 4.98 Å². The fraction of sp³-hybridized carbons (Fsp3) is 0.700. The van der Waals surface area contributed by atoms with E-state index in [2.05, 4.69) is 22.1 Å². The number of thioether (sulfide) groups is 1. The number of hydrogen-bond donors (Lipinski definition) is 1. The lowest BCUT2D eigenvalue weighted by molar-refractivity contribution is 0.511. The second-order valence-electron chi connectivity index (χ2n) is 3.54. The third kappa shape index (κ3) is 3.26. The fourth-order valence-corrected chi connectivity index (χ4v) is 3.39. The van der Waals surface area contributed by atoms with Gasteiger partial charge in [0.2, 0.25) is 0 Å². The number of nitrogens with zero attached hydrogens (tertiary/aromatic N) is 1. The first-order valence-electron chi connectivity index (χ1n) is 5.14. The Morgan fingerprint density at radius 2 is 2.57 bits per heavy atom. The van der Waals surface area contributed by atoms with Gasteiger partial charge in [-0.3, -0.25) is 0 Å². The Labute approximate surface area is 93.5 Å². The molecule has 1 aliphatic heterocycles. The molecule has 0 aliphatic carbocycles. The zero-order valence-corrected chi connectivity index (χ0v) is 9.87. The maximum Gasteiger partial charge on any atom is 0.0937 e. The van der Waals surface area contributed by atoms with Gasteiger partial charge in [-0.2, -0.15) is 11.8 Å². The highest BCUT2D eigenvalue weighted by Gasteiger charge is 2.12. The molecule has 1 aromatic heterocycles. The Bertz CT molecular complexity index is 243. The van der Waals surface area contributed by atoms with Gasteiger partial charge < -0.3 is 5.32 Å². The molecular formula is C10H16N2S2. The highest BCUT2D eigenvalue weighted by molar-refractivity contribution is 7.99. The van der Waals surface area contributed by atoms with Crippen molar-refractivity contribution in [2.24, 2.45) is 0 Å². The summed E-state index contributed by atoms with van der Waals surface area (Å²) in [4.78, 5) is 4.27. The molecule has 78 valence electrons. The van der Waals surface area contributed by atoms with E-state index in [0.717, 1.165) is 19.0 Å². The van der Waals surface area contributed by atoms with Crippen molar-refractivity contribution in [2.75, 3.05) is 18.1 Å². The van der Waals surface area contributed by atoms with Gasteiger partial charge in [0.05, 0.1) is 5.01 Å². The zero-order chi connectivity index (χ0) is 9.64. The van der Waals surface area contributed by atoms with Crippen LogP contribution < -0.4 is 5.32 Å². The van der Waals surface area contributed by atoms with Gasteiger partial charge in [-0.1, -0.05) is 0 Å². The summed E-state index contributed by atoms with van der Waals surface area (Å²) in [5.41, 5.74) is 0. The molecule has 14 heavy (non-hydrogen) atoms. The van der Waals surface area contributed by atoms with E-state index in [0.29, 0.717) is 0 Å². The van der Waals surface area contributed by atoms with Crippen LogP contribution in [-0.4, -0.2) is 29.1 Å². The zero-order valence-electron chi connectivity index (χ0n) is 8.24. The summed E-state index contributed by atoms with van der Waals surface area (Å²) < 4.78 is 0. The van der Waals surface area contributed by atoms with Gasteiger partial charge in [0.25, 0.3) is 0 Å². The summed E-state index contributed by atoms with van der Waals surface area (Å²) in [5, 5.41) is 6.90. The molecule has 0 saturated carbocycles. The van der Waals surface area contributed by atoms with E-state index >= 15 is 0 Å². The molecule has 0 bridgehead atoms. The lowest BCUT2D eigenvalue weighted by Crippen LogP contribution is -2.35. The number of thiazole rings is 1. The summed E-state index contributed by atoms with van der Waals surface area (Å²) >= 11 is 3.83. The van der Waals surface area contributed by atoms with Crippen LogP contribution in [0.5, 0.6) is 0 Å². The SMILES string of the molecule is c1csc(CCNC2CCCSC2)n1. The summed E-state index contributed by atoms with van der Waals surface area (Å²) in [7, 11) is 0. The maximum absolute atomic E-state index is 4.27. The second-order valence-corrected chi connectivity index (χ2v) is 5.67. The second kappa shape index (κ2) is 5.73. The van der Waals surface area contributed by atoms with Crippen molar-refractivity contribution < 1.29 is 0 Å². The average Bonchev–Trinajstić information content (AvgIpc) is 2.72. The molecule has 0 amide bonds. The van der Waals surface area contributed by atoms with Crippen LogP contribution in [0.25, 0.3) is 0 Å². The van der Waals surface area contributed by atoms with Gasteiger partial charge >= 0.3 is 0 Å². The van der Waals surface area contributed by atoms with Gasteiger partial charge in [0, 0.05) is 36.3 Å². The Hall–Kier alpha value is -0.0600. The normalized spacial score (nSPS) is 22.4. The predicted octanol–water partition coefficient (Wildman–Crippen LogP) is 2.17. The fourth-order valence-electron chi connectivity index (χ4n) is 1.66. The van der Waals surface area contributed by atoms with Crippen LogP contribution in [-0.2, 0) is 6.42 Å². The molecule has 1 fully saturated rings. The van der Waals surface area contributed by atoms with Crippen molar-refractivity contribution in [3.63, 3.8) is 0 Å². The standard InChI is InChI=1S/C10H16N2S2/c1-2-9(8-13-6-1)11-4-3-10-12-5-7-14-10/h5,7,9,11H,1-4,6,8H2. The minimum atomic E-state index is 0.744. The first kappa shape index (κ1) is 10.5. The smallest absolute Gasteiger partial charge is 0.0937 e. The molecule has 1 unspecified atom stereocenters. The van der Waals surface area contributed by atoms with E-state index in [1.165, 1.54) is 29.4 Å². The van der Waals surface area contributed by atoms with E-state index in [4.69, 9.17) is 0 Å². The molecule has 2 heterocycles. The predicted molar refractivity (Wildman–Crippen MR) is 64.2 cm³/mol. The first-order valence-corrected chi connectivity index (χ1v) is 7.18. The Morgan fingerprint density at radius 3 is 3.29 bits per heavy atom. The molecule has 1 saturated heterocycles. The van der Waals surface area contributed by atoms with E-state index in [1.807, 2.05) is 11.6 Å². The highest BCUT2D eigenvalue weighted by Crippen LogP contribution is 2.16. The maximum atomic E-state index is 4.27. The average molecular weight is 228 g/mol. The number of nitrogens with one attached hydrogen (secondary N) is 1. The third-order valence-corrected chi connectivity index (χ3v) is 4.47. The van der Waals surface area contributed by atoms with Crippen molar-refractivity contribution in [1.29, 1.82) is 0 Å². The lowest BCUT2D eigenvalue weighted by atomic mass is 10.2. The van der Waals surface area contributed by atoms with Crippen LogP contribution in [0.2, 0.25) is 0 Å². The van der Waals surface area contributed by atoms with E-state index in [-0.39, 0.29) is 0 Å². The molecule has 4 heteroatoms.